The molecular formula is C25H38N2O4Si. The highest BCUT2D eigenvalue weighted by Gasteiger charge is 2.58. The Morgan fingerprint density at radius 3 is 2.19 bits per heavy atom. The van der Waals surface area contributed by atoms with Crippen molar-refractivity contribution >= 4 is 19.9 Å². The molecule has 0 bridgehead atoms. The van der Waals surface area contributed by atoms with E-state index in [0.29, 0.717) is 23.0 Å². The zero-order valence-corrected chi connectivity index (χ0v) is 21.5. The number of hydrogen-bond acceptors (Lipinski definition) is 4. The molecule has 7 heteroatoms. The van der Waals surface area contributed by atoms with Crippen molar-refractivity contribution in [2.24, 2.45) is 11.3 Å². The summed E-state index contributed by atoms with van der Waals surface area (Å²) in [4.78, 5) is 23.8. The molecule has 1 saturated heterocycles. The van der Waals surface area contributed by atoms with E-state index < -0.39 is 18.7 Å². The number of allylic oxidation sites excluding steroid dienone is 1. The Kier molecular flexibility index (Phi) is 6.89. The molecule has 1 N–H and O–H groups in total. The lowest BCUT2D eigenvalue weighted by Crippen LogP contribution is -2.51. The van der Waals surface area contributed by atoms with Gasteiger partial charge in [0.2, 0.25) is 5.91 Å². The highest BCUT2D eigenvalue weighted by Crippen LogP contribution is 2.53. The van der Waals surface area contributed by atoms with E-state index in [-0.39, 0.29) is 23.6 Å². The van der Waals surface area contributed by atoms with Crippen LogP contribution in [0.1, 0.15) is 66.9 Å². The van der Waals surface area contributed by atoms with Gasteiger partial charge in [0, 0.05) is 18.2 Å². The van der Waals surface area contributed by atoms with Crippen LogP contribution in [-0.2, 0) is 15.6 Å². The maximum absolute atomic E-state index is 13.1. The molecule has 1 aromatic rings. The van der Waals surface area contributed by atoms with E-state index >= 15 is 0 Å². The van der Waals surface area contributed by atoms with Gasteiger partial charge in [-0.2, -0.15) is 0 Å². The zero-order chi connectivity index (χ0) is 23.8. The number of carbonyl (C=O) groups is 1. The largest absolute Gasteiger partial charge is 0.545 e. The lowest BCUT2D eigenvalue weighted by Gasteiger charge is -2.48. The van der Waals surface area contributed by atoms with Crippen LogP contribution in [0.2, 0.25) is 16.6 Å². The number of nitro groups is 1. The average molecular weight is 459 g/mol. The molecule has 32 heavy (non-hydrogen) atoms. The third kappa shape index (κ3) is 4.00. The number of benzene rings is 1. The van der Waals surface area contributed by atoms with Gasteiger partial charge in [-0.25, -0.2) is 0 Å². The van der Waals surface area contributed by atoms with E-state index in [0.717, 1.165) is 24.2 Å². The number of non-ortho nitro benzene ring substituents is 1. The molecule has 0 aromatic heterocycles. The van der Waals surface area contributed by atoms with Gasteiger partial charge in [0.1, 0.15) is 0 Å². The summed E-state index contributed by atoms with van der Waals surface area (Å²) in [7, 11) is -2.17. The van der Waals surface area contributed by atoms with Gasteiger partial charge in [-0.15, -0.1) is 0 Å². The smallest absolute Gasteiger partial charge is 0.269 e. The van der Waals surface area contributed by atoms with Gasteiger partial charge >= 0.3 is 0 Å². The molecule has 0 saturated carbocycles. The predicted octanol–water partition coefficient (Wildman–Crippen LogP) is 6.13. The Hall–Kier alpha value is -2.15. The standard InChI is InChI=1S/C25H38N2O4Si/c1-16(2)32(17(3)4,18(5)6)31-23-10-8-9-22-25(23,7)21(24(28)26-22)15-19-11-13-20(14-12-19)27(29)30/h10-14,16-18,21-22H,8-9,15H2,1-7H3,(H,26,28)/t21-,22-,25-/m0/s1. The van der Waals surface area contributed by atoms with E-state index in [9.17, 15) is 14.9 Å². The first-order valence-corrected chi connectivity index (χ1v) is 14.0. The third-order valence-electron chi connectivity index (χ3n) is 7.98. The van der Waals surface area contributed by atoms with Crippen molar-refractivity contribution < 1.29 is 14.1 Å². The molecule has 1 amide bonds. The predicted molar refractivity (Wildman–Crippen MR) is 130 cm³/mol. The number of carbonyl (C=O) groups excluding carboxylic acids is 1. The summed E-state index contributed by atoms with van der Waals surface area (Å²) < 4.78 is 7.17. The lowest BCUT2D eigenvalue weighted by molar-refractivity contribution is -0.384. The van der Waals surface area contributed by atoms with Crippen LogP contribution in [0.15, 0.2) is 36.1 Å². The monoisotopic (exact) mass is 458 g/mol. The van der Waals surface area contributed by atoms with Crippen LogP contribution in [0, 0.1) is 21.4 Å². The van der Waals surface area contributed by atoms with E-state index in [2.05, 4.69) is 59.9 Å². The minimum absolute atomic E-state index is 0.0521. The summed E-state index contributed by atoms with van der Waals surface area (Å²) >= 11 is 0. The first-order valence-electron chi connectivity index (χ1n) is 11.9. The normalized spacial score (nSPS) is 25.7. The second-order valence-electron chi connectivity index (χ2n) is 10.6. The Labute approximate surface area is 193 Å². The Bertz CT molecular complexity index is 872. The number of nitro benzene ring substituents is 1. The number of amides is 1. The van der Waals surface area contributed by atoms with Crippen molar-refractivity contribution in [3.8, 4) is 0 Å². The van der Waals surface area contributed by atoms with Crippen LogP contribution in [0.25, 0.3) is 0 Å². The van der Waals surface area contributed by atoms with E-state index in [1.807, 2.05) is 0 Å². The molecular weight excluding hydrogens is 420 g/mol. The molecule has 1 aromatic carbocycles. The summed E-state index contributed by atoms with van der Waals surface area (Å²) in [6, 6.07) is 6.63. The molecule has 3 rings (SSSR count). The third-order valence-corrected chi connectivity index (χ3v) is 14.0. The highest BCUT2D eigenvalue weighted by molar-refractivity contribution is 6.77. The van der Waals surface area contributed by atoms with Gasteiger partial charge in [-0.1, -0.05) is 53.7 Å². The lowest BCUT2D eigenvalue weighted by atomic mass is 9.67. The molecule has 0 spiro atoms. The number of nitrogens with zero attached hydrogens (tertiary/aromatic N) is 1. The Balaban J connectivity index is 1.97. The van der Waals surface area contributed by atoms with Crippen LogP contribution in [0.4, 0.5) is 5.69 Å². The van der Waals surface area contributed by atoms with Crippen LogP contribution < -0.4 is 5.32 Å². The first-order chi connectivity index (χ1) is 14.9. The number of hydrogen-bond donors (Lipinski definition) is 1. The summed E-state index contributed by atoms with van der Waals surface area (Å²) in [5, 5.41) is 14.3. The van der Waals surface area contributed by atoms with Crippen molar-refractivity contribution in [3.63, 3.8) is 0 Å². The molecule has 1 fully saturated rings. The highest BCUT2D eigenvalue weighted by atomic mass is 28.4. The minimum Gasteiger partial charge on any atom is -0.545 e. The SMILES string of the molecule is CC(C)[Si](OC1=CCC[C@@H]2NC(=O)[C@H](Cc3ccc([N+](=O)[O-])cc3)[C@]12C)(C(C)C)C(C)C. The van der Waals surface area contributed by atoms with Crippen LogP contribution in [0.5, 0.6) is 0 Å². The van der Waals surface area contributed by atoms with Crippen molar-refractivity contribution in [1.29, 1.82) is 0 Å². The summed E-state index contributed by atoms with van der Waals surface area (Å²) in [6.07, 6.45) is 4.58. The molecule has 6 nitrogen and oxygen atoms in total. The molecule has 1 aliphatic heterocycles. The van der Waals surface area contributed by atoms with Gasteiger partial charge < -0.3 is 9.74 Å². The van der Waals surface area contributed by atoms with Gasteiger partial charge in [-0.05, 0) is 54.4 Å². The maximum atomic E-state index is 13.1. The Morgan fingerprint density at radius 1 is 1.12 bits per heavy atom. The fraction of sp³-hybridized carbons (Fsp3) is 0.640. The van der Waals surface area contributed by atoms with Crippen LogP contribution in [0.3, 0.4) is 0 Å². The van der Waals surface area contributed by atoms with Crippen molar-refractivity contribution in [3.05, 3.63) is 51.8 Å². The van der Waals surface area contributed by atoms with Crippen LogP contribution in [-0.4, -0.2) is 25.2 Å². The van der Waals surface area contributed by atoms with Crippen molar-refractivity contribution in [2.75, 3.05) is 0 Å². The summed E-state index contributed by atoms with van der Waals surface area (Å²) in [5.74, 6) is 0.777. The maximum Gasteiger partial charge on any atom is 0.269 e. The molecule has 2 aliphatic rings. The Morgan fingerprint density at radius 2 is 1.69 bits per heavy atom. The molecule has 3 atom stereocenters. The van der Waals surface area contributed by atoms with Gasteiger partial charge in [0.05, 0.1) is 22.0 Å². The molecule has 1 aliphatic carbocycles. The molecule has 1 heterocycles. The molecule has 176 valence electrons. The first kappa shape index (κ1) is 24.5. The van der Waals surface area contributed by atoms with Gasteiger partial charge in [0.15, 0.2) is 0 Å². The van der Waals surface area contributed by atoms with E-state index in [4.69, 9.17) is 4.43 Å². The number of fused-ring (bicyclic) bond motifs is 1. The second kappa shape index (κ2) is 9.00. The van der Waals surface area contributed by atoms with Crippen molar-refractivity contribution in [1.82, 2.24) is 5.32 Å². The molecule has 0 unspecified atom stereocenters. The zero-order valence-electron chi connectivity index (χ0n) is 20.5. The average Bonchev–Trinajstić information content (AvgIpc) is 2.96. The number of rotatable bonds is 8. The topological polar surface area (TPSA) is 81.5 Å². The quantitative estimate of drug-likeness (QED) is 0.289. The van der Waals surface area contributed by atoms with E-state index in [1.54, 1.807) is 12.1 Å². The van der Waals surface area contributed by atoms with Gasteiger partial charge in [-0.3, -0.25) is 14.9 Å². The molecule has 0 radical (unpaired) electrons. The fourth-order valence-electron chi connectivity index (χ4n) is 6.24. The summed E-state index contributed by atoms with van der Waals surface area (Å²) in [5.41, 5.74) is 1.93. The van der Waals surface area contributed by atoms with Crippen LogP contribution >= 0.6 is 0 Å². The fourth-order valence-corrected chi connectivity index (χ4v) is 11.6. The summed E-state index contributed by atoms with van der Waals surface area (Å²) in [6.45, 7) is 15.9. The van der Waals surface area contributed by atoms with Crippen molar-refractivity contribution in [2.45, 2.75) is 90.4 Å². The minimum atomic E-state index is -2.17. The van der Waals surface area contributed by atoms with Gasteiger partial charge in [0.25, 0.3) is 14.0 Å². The number of nitrogens with one attached hydrogen (secondary N) is 1. The second-order valence-corrected chi connectivity index (χ2v) is 16.0. The van der Waals surface area contributed by atoms with E-state index in [1.165, 1.54) is 12.1 Å².